The molecule has 0 saturated heterocycles. The predicted octanol–water partition coefficient (Wildman–Crippen LogP) is 4.55. The van der Waals surface area contributed by atoms with Crippen LogP contribution in [0.5, 0.6) is 0 Å². The first-order chi connectivity index (χ1) is 12.4. The highest BCUT2D eigenvalue weighted by molar-refractivity contribution is 9.10. The van der Waals surface area contributed by atoms with Crippen LogP contribution in [-0.4, -0.2) is 21.6 Å². The molecule has 7 heteroatoms. The molecule has 0 saturated carbocycles. The molecule has 1 N–H and O–H groups in total. The summed E-state index contributed by atoms with van der Waals surface area (Å²) in [5.41, 5.74) is 2.28. The fourth-order valence-corrected chi connectivity index (χ4v) is 4.33. The number of carbonyl (C=O) groups is 2. The molecule has 3 rings (SSSR count). The Hall–Kier alpha value is -2.25. The molecule has 1 atom stereocenters. The van der Waals surface area contributed by atoms with Gasteiger partial charge in [0.2, 0.25) is 0 Å². The number of carboxylic acids is 1. The molecule has 1 unspecified atom stereocenters. The van der Waals surface area contributed by atoms with Crippen molar-refractivity contribution in [2.45, 2.75) is 26.3 Å². The highest BCUT2D eigenvalue weighted by Gasteiger charge is 2.22. The molecule has 134 valence electrons. The summed E-state index contributed by atoms with van der Waals surface area (Å²) >= 11 is 4.73. The minimum absolute atomic E-state index is 0.385. The molecule has 5 nitrogen and oxygen atoms in total. The van der Waals surface area contributed by atoms with Crippen LogP contribution >= 0.6 is 27.3 Å². The lowest BCUT2D eigenvalue weighted by atomic mass is 10.1. The van der Waals surface area contributed by atoms with Crippen LogP contribution in [0.25, 0.3) is 10.2 Å². The second-order valence-corrected chi connectivity index (χ2v) is 7.84. The summed E-state index contributed by atoms with van der Waals surface area (Å²) in [6.07, 6.45) is 0.392. The summed E-state index contributed by atoms with van der Waals surface area (Å²) in [4.78, 5) is 28.9. The van der Waals surface area contributed by atoms with E-state index in [9.17, 15) is 14.7 Å². The summed E-state index contributed by atoms with van der Waals surface area (Å²) in [6, 6.07) is 12.0. The number of thiazole rings is 1. The van der Waals surface area contributed by atoms with Crippen molar-refractivity contribution in [3.05, 3.63) is 62.9 Å². The Kier molecular flexibility index (Phi) is 5.38. The summed E-state index contributed by atoms with van der Waals surface area (Å²) in [5.74, 6) is -1.33. The number of aliphatic carboxylic acids is 1. The molecule has 0 radical (unpaired) electrons. The Morgan fingerprint density at radius 2 is 1.92 bits per heavy atom. The number of benzene rings is 2. The van der Waals surface area contributed by atoms with Gasteiger partial charge in [-0.2, -0.15) is 4.99 Å². The minimum atomic E-state index is -0.945. The third-order valence-corrected chi connectivity index (χ3v) is 5.58. The molecule has 1 heterocycles. The monoisotopic (exact) mass is 432 g/mol. The zero-order chi connectivity index (χ0) is 18.8. The van der Waals surface area contributed by atoms with Crippen LogP contribution in [0.1, 0.15) is 35.3 Å². The second-order valence-electron chi connectivity index (χ2n) is 5.91. The van der Waals surface area contributed by atoms with Gasteiger partial charge in [-0.15, -0.1) is 0 Å². The lowest BCUT2D eigenvalue weighted by Crippen LogP contribution is -2.27. The van der Waals surface area contributed by atoms with E-state index in [4.69, 9.17) is 0 Å². The van der Waals surface area contributed by atoms with Gasteiger partial charge in [-0.1, -0.05) is 51.9 Å². The first kappa shape index (κ1) is 18.5. The van der Waals surface area contributed by atoms with Crippen molar-refractivity contribution in [2.24, 2.45) is 4.99 Å². The van der Waals surface area contributed by atoms with Crippen molar-refractivity contribution in [3.8, 4) is 0 Å². The minimum Gasteiger partial charge on any atom is -0.480 e. The number of rotatable bonds is 4. The van der Waals surface area contributed by atoms with Gasteiger partial charge in [-0.25, -0.2) is 4.79 Å². The van der Waals surface area contributed by atoms with Gasteiger partial charge in [0.1, 0.15) is 6.04 Å². The fourth-order valence-electron chi connectivity index (χ4n) is 2.71. The van der Waals surface area contributed by atoms with E-state index in [2.05, 4.69) is 20.9 Å². The van der Waals surface area contributed by atoms with Gasteiger partial charge in [0.15, 0.2) is 4.80 Å². The number of halogens is 1. The zero-order valence-corrected chi connectivity index (χ0v) is 16.7. The van der Waals surface area contributed by atoms with Gasteiger partial charge in [-0.05, 0) is 43.7 Å². The summed E-state index contributed by atoms with van der Waals surface area (Å²) in [5, 5.41) is 9.61. The van der Waals surface area contributed by atoms with Gasteiger partial charge in [0.05, 0.1) is 10.2 Å². The van der Waals surface area contributed by atoms with E-state index in [1.54, 1.807) is 23.6 Å². The molecule has 1 aromatic heterocycles. The molecule has 0 spiro atoms. The number of fused-ring (bicyclic) bond motifs is 1. The molecule has 1 amide bonds. The van der Waals surface area contributed by atoms with Crippen LogP contribution in [0.3, 0.4) is 0 Å². The second kappa shape index (κ2) is 7.55. The molecule has 0 aliphatic heterocycles. The smallest absolute Gasteiger partial charge is 0.326 e. The molecule has 26 heavy (non-hydrogen) atoms. The number of carboxylic acid groups (broad SMARTS) is 1. The Morgan fingerprint density at radius 1 is 1.23 bits per heavy atom. The number of carbonyl (C=O) groups excluding carboxylic acids is 1. The standard InChI is InChI=1S/C19H17BrN2O3S/c1-3-14(18(24)25)22-15-9-8-13(20)10-16(15)26-19(22)21-17(23)12-6-4-11(2)5-7-12/h4-10,14H,3H2,1-2H3,(H,24,25)/b21-19-. The Balaban J connectivity index is 2.22. The van der Waals surface area contributed by atoms with E-state index in [1.807, 2.05) is 37.3 Å². The summed E-state index contributed by atoms with van der Waals surface area (Å²) in [7, 11) is 0. The number of nitrogens with zero attached hydrogens (tertiary/aromatic N) is 2. The zero-order valence-electron chi connectivity index (χ0n) is 14.3. The highest BCUT2D eigenvalue weighted by atomic mass is 79.9. The van der Waals surface area contributed by atoms with Crippen molar-refractivity contribution >= 4 is 49.4 Å². The average molecular weight is 433 g/mol. The molecule has 0 aliphatic rings. The van der Waals surface area contributed by atoms with E-state index in [-0.39, 0.29) is 5.91 Å². The van der Waals surface area contributed by atoms with E-state index in [0.29, 0.717) is 16.8 Å². The molecule has 0 aliphatic carbocycles. The Labute approximate surface area is 162 Å². The van der Waals surface area contributed by atoms with E-state index >= 15 is 0 Å². The highest BCUT2D eigenvalue weighted by Crippen LogP contribution is 2.26. The van der Waals surface area contributed by atoms with Gasteiger partial charge in [-0.3, -0.25) is 4.79 Å². The topological polar surface area (TPSA) is 71.7 Å². The maximum absolute atomic E-state index is 12.6. The summed E-state index contributed by atoms with van der Waals surface area (Å²) < 4.78 is 3.40. The predicted molar refractivity (Wildman–Crippen MR) is 106 cm³/mol. The van der Waals surface area contributed by atoms with Gasteiger partial charge < -0.3 is 9.67 Å². The maximum atomic E-state index is 12.6. The lowest BCUT2D eigenvalue weighted by Gasteiger charge is -2.13. The molecule has 0 bridgehead atoms. The lowest BCUT2D eigenvalue weighted by molar-refractivity contribution is -0.140. The summed E-state index contributed by atoms with van der Waals surface area (Å²) in [6.45, 7) is 3.75. The number of aryl methyl sites for hydroxylation is 1. The fraction of sp³-hybridized carbons (Fsp3) is 0.211. The van der Waals surface area contributed by atoms with E-state index < -0.39 is 12.0 Å². The number of hydrogen-bond donors (Lipinski definition) is 1. The molecule has 0 fully saturated rings. The Morgan fingerprint density at radius 3 is 2.54 bits per heavy atom. The number of aromatic nitrogens is 1. The van der Waals surface area contributed by atoms with Crippen molar-refractivity contribution in [2.75, 3.05) is 0 Å². The van der Waals surface area contributed by atoms with Crippen molar-refractivity contribution in [1.82, 2.24) is 4.57 Å². The number of amides is 1. The molecular formula is C19H17BrN2O3S. The molecule has 2 aromatic carbocycles. The van der Waals surface area contributed by atoms with E-state index in [1.165, 1.54) is 11.3 Å². The third kappa shape index (κ3) is 3.64. The van der Waals surface area contributed by atoms with Crippen LogP contribution in [-0.2, 0) is 4.79 Å². The van der Waals surface area contributed by atoms with Crippen molar-refractivity contribution in [1.29, 1.82) is 0 Å². The van der Waals surface area contributed by atoms with Gasteiger partial charge >= 0.3 is 5.97 Å². The van der Waals surface area contributed by atoms with Crippen LogP contribution < -0.4 is 4.80 Å². The van der Waals surface area contributed by atoms with Crippen molar-refractivity contribution < 1.29 is 14.7 Å². The average Bonchev–Trinajstić information content (AvgIpc) is 2.93. The Bertz CT molecular complexity index is 1050. The molecular weight excluding hydrogens is 416 g/mol. The van der Waals surface area contributed by atoms with Crippen LogP contribution in [0.15, 0.2) is 51.9 Å². The van der Waals surface area contributed by atoms with Crippen LogP contribution in [0.2, 0.25) is 0 Å². The van der Waals surface area contributed by atoms with Crippen LogP contribution in [0.4, 0.5) is 0 Å². The SMILES string of the molecule is CCC(C(=O)O)n1/c(=N/C(=O)c2ccc(C)cc2)sc2cc(Br)ccc21. The normalized spacial score (nSPS) is 13.1. The van der Waals surface area contributed by atoms with Gasteiger partial charge in [0.25, 0.3) is 5.91 Å². The molecule has 3 aromatic rings. The quantitative estimate of drug-likeness (QED) is 0.656. The van der Waals surface area contributed by atoms with E-state index in [0.717, 1.165) is 20.3 Å². The van der Waals surface area contributed by atoms with Crippen molar-refractivity contribution in [3.63, 3.8) is 0 Å². The third-order valence-electron chi connectivity index (χ3n) is 4.07. The maximum Gasteiger partial charge on any atom is 0.326 e. The number of hydrogen-bond acceptors (Lipinski definition) is 3. The first-order valence-electron chi connectivity index (χ1n) is 8.10. The first-order valence-corrected chi connectivity index (χ1v) is 9.70. The largest absolute Gasteiger partial charge is 0.480 e. The van der Waals surface area contributed by atoms with Gasteiger partial charge in [0, 0.05) is 10.0 Å². The van der Waals surface area contributed by atoms with Crippen LogP contribution in [0, 0.1) is 6.92 Å².